The predicted molar refractivity (Wildman–Crippen MR) is 126 cm³/mol. The molecule has 1 N–H and O–H groups in total. The number of aromatic nitrogens is 3. The summed E-state index contributed by atoms with van der Waals surface area (Å²) in [5, 5.41) is 8.34. The van der Waals surface area contributed by atoms with Gasteiger partial charge >= 0.3 is 0 Å². The highest BCUT2D eigenvalue weighted by Crippen LogP contribution is 2.32. The van der Waals surface area contributed by atoms with Gasteiger partial charge in [-0.2, -0.15) is 9.61 Å². The third-order valence-corrected chi connectivity index (χ3v) is 5.54. The molecule has 0 unspecified atom stereocenters. The first-order valence-electron chi connectivity index (χ1n) is 9.73. The lowest BCUT2D eigenvalue weighted by molar-refractivity contribution is 0.926. The van der Waals surface area contributed by atoms with Crippen molar-refractivity contribution < 1.29 is 0 Å². The van der Waals surface area contributed by atoms with E-state index in [0.717, 1.165) is 49.7 Å². The lowest BCUT2D eigenvalue weighted by atomic mass is 10.1. The van der Waals surface area contributed by atoms with Crippen LogP contribution in [0.2, 0.25) is 0 Å². The van der Waals surface area contributed by atoms with Crippen molar-refractivity contribution >= 4 is 33.1 Å². The molecular formula is C25H19BrN4. The van der Waals surface area contributed by atoms with Gasteiger partial charge < -0.3 is 5.32 Å². The van der Waals surface area contributed by atoms with Gasteiger partial charge in [0.15, 0.2) is 5.65 Å². The topological polar surface area (TPSA) is 42.2 Å². The molecule has 0 aliphatic rings. The first-order valence-corrected chi connectivity index (χ1v) is 10.5. The molecule has 0 bridgehead atoms. The summed E-state index contributed by atoms with van der Waals surface area (Å²) in [5.41, 5.74) is 6.89. The highest BCUT2D eigenvalue weighted by atomic mass is 79.9. The third-order valence-electron chi connectivity index (χ3n) is 5.01. The monoisotopic (exact) mass is 454 g/mol. The Morgan fingerprint density at radius 1 is 0.800 bits per heavy atom. The standard InChI is InChI=1S/C25H19BrN4/c1-17-24(19-10-6-3-7-11-19)25-28-22(18-8-4-2-5-9-18)16-23(30(25)29-17)27-21-14-12-20(26)13-15-21/h2-16,27H,1H3. The highest BCUT2D eigenvalue weighted by Gasteiger charge is 2.17. The van der Waals surface area contributed by atoms with Crippen LogP contribution in [0.5, 0.6) is 0 Å². The van der Waals surface area contributed by atoms with E-state index in [1.165, 1.54) is 0 Å². The van der Waals surface area contributed by atoms with Gasteiger partial charge in [0.2, 0.25) is 0 Å². The van der Waals surface area contributed by atoms with Crippen LogP contribution in [0.15, 0.2) is 95.5 Å². The zero-order valence-electron chi connectivity index (χ0n) is 16.4. The number of fused-ring (bicyclic) bond motifs is 1. The number of halogens is 1. The number of nitrogens with zero attached hydrogens (tertiary/aromatic N) is 3. The fourth-order valence-electron chi connectivity index (χ4n) is 3.59. The van der Waals surface area contributed by atoms with E-state index < -0.39 is 0 Å². The second-order valence-corrected chi connectivity index (χ2v) is 8.00. The van der Waals surface area contributed by atoms with E-state index in [4.69, 9.17) is 10.1 Å². The molecule has 0 spiro atoms. The molecule has 0 radical (unpaired) electrons. The Hall–Kier alpha value is -3.44. The zero-order valence-corrected chi connectivity index (χ0v) is 18.0. The average Bonchev–Trinajstić information content (AvgIpc) is 3.12. The van der Waals surface area contributed by atoms with E-state index in [2.05, 4.69) is 45.5 Å². The minimum absolute atomic E-state index is 0.833. The van der Waals surface area contributed by atoms with Gasteiger partial charge in [0.05, 0.1) is 11.4 Å². The summed E-state index contributed by atoms with van der Waals surface area (Å²) in [6.45, 7) is 2.03. The largest absolute Gasteiger partial charge is 0.340 e. The molecule has 2 aromatic heterocycles. The van der Waals surface area contributed by atoms with Crippen LogP contribution >= 0.6 is 15.9 Å². The average molecular weight is 455 g/mol. The number of hydrogen-bond donors (Lipinski definition) is 1. The van der Waals surface area contributed by atoms with Gasteiger partial charge in [0.25, 0.3) is 0 Å². The van der Waals surface area contributed by atoms with Gasteiger partial charge in [-0.05, 0) is 36.8 Å². The van der Waals surface area contributed by atoms with Crippen LogP contribution in [0.4, 0.5) is 11.5 Å². The second-order valence-electron chi connectivity index (χ2n) is 7.09. The predicted octanol–water partition coefficient (Wildman–Crippen LogP) is 6.88. The molecule has 5 aromatic rings. The minimum Gasteiger partial charge on any atom is -0.340 e. The molecule has 4 nitrogen and oxygen atoms in total. The number of rotatable bonds is 4. The Labute approximate surface area is 183 Å². The van der Waals surface area contributed by atoms with Crippen molar-refractivity contribution in [2.24, 2.45) is 0 Å². The molecule has 0 fully saturated rings. The Bertz CT molecular complexity index is 1310. The SMILES string of the molecule is Cc1nn2c(Nc3ccc(Br)cc3)cc(-c3ccccc3)nc2c1-c1ccccc1. The second kappa shape index (κ2) is 7.76. The first-order chi connectivity index (χ1) is 14.7. The van der Waals surface area contributed by atoms with Gasteiger partial charge in [0.1, 0.15) is 5.82 Å². The summed E-state index contributed by atoms with van der Waals surface area (Å²) in [6, 6.07) is 30.7. The van der Waals surface area contributed by atoms with Crippen LogP contribution in [0.3, 0.4) is 0 Å². The van der Waals surface area contributed by atoms with Gasteiger partial charge in [-0.25, -0.2) is 4.98 Å². The summed E-state index contributed by atoms with van der Waals surface area (Å²) in [6.07, 6.45) is 0. The van der Waals surface area contributed by atoms with Crippen LogP contribution in [-0.2, 0) is 0 Å². The van der Waals surface area contributed by atoms with Crippen molar-refractivity contribution in [2.75, 3.05) is 5.32 Å². The van der Waals surface area contributed by atoms with Crippen molar-refractivity contribution in [3.63, 3.8) is 0 Å². The molecule has 0 atom stereocenters. The van der Waals surface area contributed by atoms with Crippen molar-refractivity contribution in [3.05, 3.63) is 101 Å². The Kier molecular flexibility index (Phi) is 4.81. The van der Waals surface area contributed by atoms with Crippen molar-refractivity contribution in [3.8, 4) is 22.4 Å². The molecule has 2 heterocycles. The maximum Gasteiger partial charge on any atom is 0.166 e. The van der Waals surface area contributed by atoms with Crippen LogP contribution in [0, 0.1) is 6.92 Å². The van der Waals surface area contributed by atoms with E-state index in [-0.39, 0.29) is 0 Å². The van der Waals surface area contributed by atoms with E-state index in [1.54, 1.807) is 0 Å². The van der Waals surface area contributed by atoms with Crippen LogP contribution in [-0.4, -0.2) is 14.6 Å². The van der Waals surface area contributed by atoms with E-state index >= 15 is 0 Å². The number of anilines is 2. The molecule has 5 heteroatoms. The van der Waals surface area contributed by atoms with Crippen molar-refractivity contribution in [2.45, 2.75) is 6.92 Å². The summed E-state index contributed by atoms with van der Waals surface area (Å²) in [7, 11) is 0. The normalized spacial score (nSPS) is 11.0. The van der Waals surface area contributed by atoms with Crippen LogP contribution < -0.4 is 5.32 Å². The van der Waals surface area contributed by atoms with E-state index in [1.807, 2.05) is 78.2 Å². The van der Waals surface area contributed by atoms with Gasteiger partial charge in [-0.1, -0.05) is 76.6 Å². The first kappa shape index (κ1) is 18.6. The highest BCUT2D eigenvalue weighted by molar-refractivity contribution is 9.10. The fourth-order valence-corrected chi connectivity index (χ4v) is 3.86. The van der Waals surface area contributed by atoms with Crippen molar-refractivity contribution in [1.82, 2.24) is 14.6 Å². The number of benzene rings is 3. The maximum absolute atomic E-state index is 5.01. The fraction of sp³-hybridized carbons (Fsp3) is 0.0400. The molecule has 0 saturated carbocycles. The number of nitrogens with one attached hydrogen (secondary N) is 1. The lowest BCUT2D eigenvalue weighted by Crippen LogP contribution is -2.02. The maximum atomic E-state index is 5.01. The number of aryl methyl sites for hydroxylation is 1. The molecule has 5 rings (SSSR count). The summed E-state index contributed by atoms with van der Waals surface area (Å²) < 4.78 is 2.94. The van der Waals surface area contributed by atoms with Crippen LogP contribution in [0.1, 0.15) is 5.69 Å². The Balaban J connectivity index is 1.74. The summed E-state index contributed by atoms with van der Waals surface area (Å²) in [5.74, 6) is 0.867. The zero-order chi connectivity index (χ0) is 20.5. The number of hydrogen-bond acceptors (Lipinski definition) is 3. The quantitative estimate of drug-likeness (QED) is 0.321. The molecule has 0 aliphatic carbocycles. The van der Waals surface area contributed by atoms with Crippen molar-refractivity contribution in [1.29, 1.82) is 0 Å². The van der Waals surface area contributed by atoms with Gasteiger partial charge in [-0.15, -0.1) is 0 Å². The molecule has 0 aliphatic heterocycles. The van der Waals surface area contributed by atoms with Gasteiger partial charge in [0, 0.05) is 27.4 Å². The minimum atomic E-state index is 0.833. The molecule has 3 aromatic carbocycles. The molecule has 30 heavy (non-hydrogen) atoms. The summed E-state index contributed by atoms with van der Waals surface area (Å²) in [4.78, 5) is 5.01. The molecule has 0 amide bonds. The lowest BCUT2D eigenvalue weighted by Gasteiger charge is -2.11. The van der Waals surface area contributed by atoms with E-state index in [9.17, 15) is 0 Å². The Morgan fingerprint density at radius 2 is 1.43 bits per heavy atom. The Morgan fingerprint density at radius 3 is 2.10 bits per heavy atom. The molecular weight excluding hydrogens is 436 g/mol. The molecule has 146 valence electrons. The van der Waals surface area contributed by atoms with E-state index in [0.29, 0.717) is 0 Å². The van der Waals surface area contributed by atoms with Crippen LogP contribution in [0.25, 0.3) is 28.0 Å². The van der Waals surface area contributed by atoms with Gasteiger partial charge in [-0.3, -0.25) is 0 Å². The smallest absolute Gasteiger partial charge is 0.166 e. The molecule has 0 saturated heterocycles. The third kappa shape index (κ3) is 3.48. The summed E-state index contributed by atoms with van der Waals surface area (Å²) >= 11 is 3.50.